The fourth-order valence-electron chi connectivity index (χ4n) is 2.98. The first kappa shape index (κ1) is 16.0. The van der Waals surface area contributed by atoms with Crippen molar-refractivity contribution in [1.29, 1.82) is 0 Å². The largest absolute Gasteiger partial charge is 0.493 e. The number of methoxy groups -OCH3 is 1. The van der Waals surface area contributed by atoms with Crippen LogP contribution in [0, 0.1) is 5.92 Å². The Morgan fingerprint density at radius 2 is 2.00 bits per heavy atom. The van der Waals surface area contributed by atoms with E-state index in [0.29, 0.717) is 29.8 Å². The van der Waals surface area contributed by atoms with Crippen molar-refractivity contribution in [1.82, 2.24) is 5.32 Å². The van der Waals surface area contributed by atoms with Gasteiger partial charge in [-0.1, -0.05) is 25.0 Å². The van der Waals surface area contributed by atoms with Gasteiger partial charge in [-0.05, 0) is 31.7 Å². The van der Waals surface area contributed by atoms with E-state index in [-0.39, 0.29) is 5.75 Å². The Labute approximate surface area is 124 Å². The topological polar surface area (TPSA) is 30.5 Å². The molecule has 0 bridgehead atoms. The van der Waals surface area contributed by atoms with Crippen LogP contribution < -0.4 is 14.8 Å². The first-order valence-electron chi connectivity index (χ1n) is 7.46. The molecule has 0 saturated heterocycles. The average Bonchev–Trinajstić information content (AvgIpc) is 2.99. The van der Waals surface area contributed by atoms with Crippen LogP contribution in [0.15, 0.2) is 18.2 Å². The molecule has 1 unspecified atom stereocenters. The summed E-state index contributed by atoms with van der Waals surface area (Å²) in [6.45, 7) is -0.201. The SMILES string of the molecule is COc1cccc(CNC(C)C2CCCC2)c1OC(F)F. The lowest BCUT2D eigenvalue weighted by atomic mass is 9.99. The lowest BCUT2D eigenvalue weighted by Crippen LogP contribution is -2.31. The molecule has 5 heteroatoms. The molecule has 0 amide bonds. The summed E-state index contributed by atoms with van der Waals surface area (Å²) >= 11 is 0. The van der Waals surface area contributed by atoms with E-state index < -0.39 is 6.61 Å². The molecule has 1 aliphatic carbocycles. The Balaban J connectivity index is 2.04. The molecular weight excluding hydrogens is 276 g/mol. The summed E-state index contributed by atoms with van der Waals surface area (Å²) in [6.07, 6.45) is 5.06. The zero-order valence-electron chi connectivity index (χ0n) is 12.6. The molecule has 0 aliphatic heterocycles. The van der Waals surface area contributed by atoms with Gasteiger partial charge in [-0.3, -0.25) is 0 Å². The predicted molar refractivity (Wildman–Crippen MR) is 77.9 cm³/mol. The fourth-order valence-corrected chi connectivity index (χ4v) is 2.98. The molecule has 0 radical (unpaired) electrons. The highest BCUT2D eigenvalue weighted by Crippen LogP contribution is 2.33. The number of ether oxygens (including phenoxy) is 2. The minimum absolute atomic E-state index is 0.126. The average molecular weight is 299 g/mol. The molecule has 0 heterocycles. The van der Waals surface area contributed by atoms with Gasteiger partial charge in [-0.15, -0.1) is 0 Å². The van der Waals surface area contributed by atoms with Gasteiger partial charge >= 0.3 is 6.61 Å². The van der Waals surface area contributed by atoms with E-state index in [2.05, 4.69) is 17.0 Å². The highest BCUT2D eigenvalue weighted by Gasteiger charge is 2.22. The van der Waals surface area contributed by atoms with Gasteiger partial charge < -0.3 is 14.8 Å². The number of rotatable bonds is 7. The second-order valence-corrected chi connectivity index (χ2v) is 5.54. The van der Waals surface area contributed by atoms with Crippen molar-refractivity contribution in [3.63, 3.8) is 0 Å². The summed E-state index contributed by atoms with van der Waals surface area (Å²) in [7, 11) is 1.45. The maximum Gasteiger partial charge on any atom is 0.387 e. The number of halogens is 2. The van der Waals surface area contributed by atoms with E-state index in [4.69, 9.17) is 4.74 Å². The van der Waals surface area contributed by atoms with Crippen molar-refractivity contribution in [2.75, 3.05) is 7.11 Å². The second-order valence-electron chi connectivity index (χ2n) is 5.54. The van der Waals surface area contributed by atoms with E-state index in [1.165, 1.54) is 32.8 Å². The number of para-hydroxylation sites is 1. The first-order chi connectivity index (χ1) is 10.1. The van der Waals surface area contributed by atoms with E-state index in [1.807, 2.05) is 0 Å². The minimum Gasteiger partial charge on any atom is -0.493 e. The third kappa shape index (κ3) is 4.30. The van der Waals surface area contributed by atoms with E-state index in [9.17, 15) is 8.78 Å². The molecule has 1 saturated carbocycles. The minimum atomic E-state index is -2.85. The quantitative estimate of drug-likeness (QED) is 0.826. The molecule has 118 valence electrons. The van der Waals surface area contributed by atoms with Crippen LogP contribution in [0.2, 0.25) is 0 Å². The van der Waals surface area contributed by atoms with Gasteiger partial charge in [0, 0.05) is 18.2 Å². The van der Waals surface area contributed by atoms with Gasteiger partial charge in [0.1, 0.15) is 0 Å². The number of hydrogen-bond acceptors (Lipinski definition) is 3. The van der Waals surface area contributed by atoms with Crippen LogP contribution in [0.1, 0.15) is 38.2 Å². The Morgan fingerprint density at radius 1 is 1.29 bits per heavy atom. The summed E-state index contributed by atoms with van der Waals surface area (Å²) in [5.41, 5.74) is 0.694. The third-order valence-corrected chi connectivity index (χ3v) is 4.21. The Morgan fingerprint density at radius 3 is 2.62 bits per heavy atom. The van der Waals surface area contributed by atoms with Crippen LogP contribution in [0.25, 0.3) is 0 Å². The third-order valence-electron chi connectivity index (χ3n) is 4.21. The molecular formula is C16H23F2NO2. The lowest BCUT2D eigenvalue weighted by Gasteiger charge is -2.21. The van der Waals surface area contributed by atoms with Crippen LogP contribution in [0.3, 0.4) is 0 Å². The second kappa shape index (κ2) is 7.59. The summed E-state index contributed by atoms with van der Waals surface area (Å²) in [4.78, 5) is 0. The molecule has 1 fully saturated rings. The predicted octanol–water partition coefficient (Wildman–Crippen LogP) is 3.96. The van der Waals surface area contributed by atoms with E-state index in [0.717, 1.165) is 0 Å². The molecule has 1 aromatic rings. The monoisotopic (exact) mass is 299 g/mol. The summed E-state index contributed by atoms with van der Waals surface area (Å²) in [5, 5.41) is 3.43. The summed E-state index contributed by atoms with van der Waals surface area (Å²) < 4.78 is 34.9. The molecule has 1 atom stereocenters. The summed E-state index contributed by atoms with van der Waals surface area (Å²) in [5.74, 6) is 1.14. The van der Waals surface area contributed by atoms with Crippen LogP contribution >= 0.6 is 0 Å². The number of alkyl halides is 2. The summed E-state index contributed by atoms with van der Waals surface area (Å²) in [6, 6.07) is 5.57. The van der Waals surface area contributed by atoms with Crippen molar-refractivity contribution in [3.05, 3.63) is 23.8 Å². The zero-order valence-corrected chi connectivity index (χ0v) is 12.6. The number of hydrogen-bond donors (Lipinski definition) is 1. The van der Waals surface area contributed by atoms with Crippen molar-refractivity contribution < 1.29 is 18.3 Å². The Bertz CT molecular complexity index is 448. The number of benzene rings is 1. The van der Waals surface area contributed by atoms with Gasteiger partial charge in [0.2, 0.25) is 0 Å². The Kier molecular flexibility index (Phi) is 5.79. The van der Waals surface area contributed by atoms with Gasteiger partial charge in [0.05, 0.1) is 7.11 Å². The normalized spacial score (nSPS) is 17.2. The van der Waals surface area contributed by atoms with E-state index >= 15 is 0 Å². The van der Waals surface area contributed by atoms with E-state index in [1.54, 1.807) is 18.2 Å². The molecule has 1 N–H and O–H groups in total. The Hall–Kier alpha value is -1.36. The smallest absolute Gasteiger partial charge is 0.387 e. The molecule has 2 rings (SSSR count). The van der Waals surface area contributed by atoms with Crippen molar-refractivity contribution in [3.8, 4) is 11.5 Å². The molecule has 3 nitrogen and oxygen atoms in total. The lowest BCUT2D eigenvalue weighted by molar-refractivity contribution is -0.0519. The van der Waals surface area contributed by atoms with Crippen LogP contribution in [0.4, 0.5) is 8.78 Å². The van der Waals surface area contributed by atoms with Gasteiger partial charge in [0.15, 0.2) is 11.5 Å². The molecule has 21 heavy (non-hydrogen) atoms. The molecule has 1 aliphatic rings. The van der Waals surface area contributed by atoms with Crippen molar-refractivity contribution >= 4 is 0 Å². The molecule has 0 aromatic heterocycles. The zero-order chi connectivity index (χ0) is 15.2. The van der Waals surface area contributed by atoms with Crippen LogP contribution in [-0.4, -0.2) is 19.8 Å². The van der Waals surface area contributed by atoms with Crippen LogP contribution in [0.5, 0.6) is 11.5 Å². The van der Waals surface area contributed by atoms with Crippen molar-refractivity contribution in [2.45, 2.75) is 51.8 Å². The highest BCUT2D eigenvalue weighted by molar-refractivity contribution is 5.46. The molecule has 1 aromatic carbocycles. The first-order valence-corrected chi connectivity index (χ1v) is 7.46. The number of nitrogens with one attached hydrogen (secondary N) is 1. The van der Waals surface area contributed by atoms with Crippen molar-refractivity contribution in [2.24, 2.45) is 5.92 Å². The standard InChI is InChI=1S/C16H23F2NO2/c1-11(12-6-3-4-7-12)19-10-13-8-5-9-14(20-2)15(13)21-16(17)18/h5,8-9,11-12,16,19H,3-4,6-7,10H2,1-2H3. The maximum atomic E-state index is 12.6. The highest BCUT2D eigenvalue weighted by atomic mass is 19.3. The van der Waals surface area contributed by atoms with Gasteiger partial charge in [-0.2, -0.15) is 8.78 Å². The van der Waals surface area contributed by atoms with Gasteiger partial charge in [0.25, 0.3) is 0 Å². The molecule has 0 spiro atoms. The maximum absolute atomic E-state index is 12.6. The fraction of sp³-hybridized carbons (Fsp3) is 0.625. The van der Waals surface area contributed by atoms with Crippen LogP contribution in [-0.2, 0) is 6.54 Å². The van der Waals surface area contributed by atoms with Gasteiger partial charge in [-0.25, -0.2) is 0 Å².